The topological polar surface area (TPSA) is 136 Å². The van der Waals surface area contributed by atoms with E-state index in [4.69, 9.17) is 9.84 Å². The number of aliphatic carboxylic acids is 1. The van der Waals surface area contributed by atoms with E-state index in [-0.39, 0.29) is 4.90 Å². The van der Waals surface area contributed by atoms with Gasteiger partial charge in [-0.15, -0.1) is 5.10 Å². The molecule has 0 radical (unpaired) electrons. The molecule has 10 nitrogen and oxygen atoms in total. The third-order valence-electron chi connectivity index (χ3n) is 4.12. The first-order chi connectivity index (χ1) is 13.7. The van der Waals surface area contributed by atoms with Crippen molar-refractivity contribution >= 4 is 21.7 Å². The zero-order valence-corrected chi connectivity index (χ0v) is 16.8. The Morgan fingerprint density at radius 1 is 1.14 bits per heavy atom. The van der Waals surface area contributed by atoms with Crippen LogP contribution >= 0.6 is 0 Å². The molecule has 0 amide bonds. The van der Waals surface area contributed by atoms with Crippen LogP contribution in [0, 0.1) is 20.8 Å². The maximum absolute atomic E-state index is 12.8. The Balaban J connectivity index is 1.87. The number of carbonyl (C=O) groups is 1. The molecule has 0 saturated heterocycles. The first kappa shape index (κ1) is 20.3. The van der Waals surface area contributed by atoms with Crippen LogP contribution < -0.4 is 9.46 Å². The highest BCUT2D eigenvalue weighted by atomic mass is 32.2. The number of sulfonamides is 1. The van der Waals surface area contributed by atoms with Gasteiger partial charge in [0.1, 0.15) is 5.75 Å². The van der Waals surface area contributed by atoms with Crippen LogP contribution in [0.2, 0.25) is 0 Å². The normalized spacial score (nSPS) is 11.3. The predicted molar refractivity (Wildman–Crippen MR) is 104 cm³/mol. The van der Waals surface area contributed by atoms with Crippen molar-refractivity contribution in [2.24, 2.45) is 0 Å². The maximum atomic E-state index is 12.8. The number of hydrogen-bond acceptors (Lipinski definition) is 7. The Labute approximate surface area is 167 Å². The van der Waals surface area contributed by atoms with Crippen LogP contribution in [0.15, 0.2) is 41.3 Å². The van der Waals surface area contributed by atoms with E-state index in [1.54, 1.807) is 32.0 Å². The van der Waals surface area contributed by atoms with Gasteiger partial charge in [0.05, 0.1) is 16.3 Å². The van der Waals surface area contributed by atoms with E-state index < -0.39 is 22.6 Å². The minimum absolute atomic E-state index is 0.0263. The van der Waals surface area contributed by atoms with Crippen LogP contribution in [-0.4, -0.2) is 46.3 Å². The van der Waals surface area contributed by atoms with Crippen LogP contribution in [0.1, 0.15) is 17.0 Å². The number of tetrazole rings is 1. The Bertz CT molecular complexity index is 1170. The average Bonchev–Trinajstić information content (AvgIpc) is 3.07. The fourth-order valence-corrected chi connectivity index (χ4v) is 3.79. The number of nitrogens with zero attached hydrogens (tertiary/aromatic N) is 4. The molecule has 0 bridgehead atoms. The lowest BCUT2D eigenvalue weighted by atomic mass is 10.2. The van der Waals surface area contributed by atoms with Crippen molar-refractivity contribution in [1.29, 1.82) is 0 Å². The summed E-state index contributed by atoms with van der Waals surface area (Å²) in [6.45, 7) is 4.75. The Hall–Kier alpha value is -3.47. The van der Waals surface area contributed by atoms with Crippen molar-refractivity contribution in [3.05, 3.63) is 53.3 Å². The van der Waals surface area contributed by atoms with E-state index in [2.05, 4.69) is 20.2 Å². The van der Waals surface area contributed by atoms with Crippen LogP contribution in [0.4, 0.5) is 5.69 Å². The van der Waals surface area contributed by atoms with Gasteiger partial charge in [0.25, 0.3) is 10.0 Å². The highest BCUT2D eigenvalue weighted by Gasteiger charge is 2.17. The second-order valence-corrected chi connectivity index (χ2v) is 8.04. The summed E-state index contributed by atoms with van der Waals surface area (Å²) in [6, 6.07) is 9.26. The lowest BCUT2D eigenvalue weighted by Gasteiger charge is -2.13. The van der Waals surface area contributed by atoms with E-state index in [1.807, 2.05) is 6.92 Å². The molecule has 0 unspecified atom stereocenters. The second-order valence-electron chi connectivity index (χ2n) is 6.35. The van der Waals surface area contributed by atoms with Gasteiger partial charge in [0.2, 0.25) is 0 Å². The summed E-state index contributed by atoms with van der Waals surface area (Å²) in [5.41, 5.74) is 2.38. The molecule has 0 aliphatic carbocycles. The van der Waals surface area contributed by atoms with Gasteiger partial charge in [-0.1, -0.05) is 6.07 Å². The standard InChI is InChI=1S/C18H19N5O5S/c1-11-4-5-14(9-16(11)23-13(3)19-21-22-23)20-29(26,27)15-6-7-17(12(2)8-15)28-10-18(24)25/h4-9,20H,10H2,1-3H3,(H,24,25). The Kier molecular flexibility index (Phi) is 5.50. The molecular weight excluding hydrogens is 398 g/mol. The van der Waals surface area contributed by atoms with Gasteiger partial charge in [-0.05, 0) is 72.7 Å². The second kappa shape index (κ2) is 7.87. The Morgan fingerprint density at radius 2 is 1.90 bits per heavy atom. The van der Waals surface area contributed by atoms with Gasteiger partial charge in [0.15, 0.2) is 12.4 Å². The van der Waals surface area contributed by atoms with E-state index in [0.717, 1.165) is 5.56 Å². The van der Waals surface area contributed by atoms with Crippen molar-refractivity contribution in [3.8, 4) is 11.4 Å². The Morgan fingerprint density at radius 3 is 2.52 bits per heavy atom. The quantitative estimate of drug-likeness (QED) is 0.594. The molecule has 2 aromatic carbocycles. The monoisotopic (exact) mass is 417 g/mol. The van der Waals surface area contributed by atoms with Crippen molar-refractivity contribution in [1.82, 2.24) is 20.2 Å². The molecular formula is C18H19N5O5S. The molecule has 0 spiro atoms. The lowest BCUT2D eigenvalue weighted by Crippen LogP contribution is -2.14. The third-order valence-corrected chi connectivity index (χ3v) is 5.50. The number of carboxylic acids is 1. The number of carboxylic acid groups (broad SMARTS) is 1. The van der Waals surface area contributed by atoms with Gasteiger partial charge in [-0.25, -0.2) is 13.2 Å². The molecule has 0 saturated carbocycles. The summed E-state index contributed by atoms with van der Waals surface area (Å²) in [5.74, 6) is -0.241. The average molecular weight is 417 g/mol. The van der Waals surface area contributed by atoms with Crippen molar-refractivity contribution < 1.29 is 23.1 Å². The van der Waals surface area contributed by atoms with Crippen LogP contribution in [-0.2, 0) is 14.8 Å². The van der Waals surface area contributed by atoms with Gasteiger partial charge in [0, 0.05) is 0 Å². The fourth-order valence-electron chi connectivity index (χ4n) is 2.66. The zero-order valence-electron chi connectivity index (χ0n) is 15.9. The minimum Gasteiger partial charge on any atom is -0.482 e. The molecule has 29 heavy (non-hydrogen) atoms. The molecule has 0 aliphatic rings. The van der Waals surface area contributed by atoms with E-state index in [0.29, 0.717) is 28.5 Å². The summed E-state index contributed by atoms with van der Waals surface area (Å²) in [6.07, 6.45) is 0. The van der Waals surface area contributed by atoms with Crippen LogP contribution in [0.25, 0.3) is 5.69 Å². The summed E-state index contributed by atoms with van der Waals surface area (Å²) in [5, 5.41) is 20.1. The zero-order chi connectivity index (χ0) is 21.2. The smallest absolute Gasteiger partial charge is 0.341 e. The highest BCUT2D eigenvalue weighted by molar-refractivity contribution is 7.92. The molecule has 3 rings (SSSR count). The van der Waals surface area contributed by atoms with Crippen LogP contribution in [0.3, 0.4) is 0 Å². The largest absolute Gasteiger partial charge is 0.482 e. The van der Waals surface area contributed by atoms with Gasteiger partial charge >= 0.3 is 5.97 Å². The first-order valence-corrected chi connectivity index (χ1v) is 10.00. The molecule has 0 atom stereocenters. The van der Waals surface area contributed by atoms with Gasteiger partial charge in [-0.3, -0.25) is 4.72 Å². The molecule has 1 aromatic heterocycles. The fraction of sp³-hybridized carbons (Fsp3) is 0.222. The van der Waals surface area contributed by atoms with Crippen molar-refractivity contribution in [2.45, 2.75) is 25.7 Å². The van der Waals surface area contributed by atoms with E-state index in [1.165, 1.54) is 22.9 Å². The predicted octanol–water partition coefficient (Wildman–Crippen LogP) is 1.85. The molecule has 3 aromatic rings. The number of rotatable bonds is 7. The number of benzene rings is 2. The number of hydrogen-bond donors (Lipinski definition) is 2. The number of ether oxygens (including phenoxy) is 1. The molecule has 0 fully saturated rings. The molecule has 11 heteroatoms. The minimum atomic E-state index is -3.88. The summed E-state index contributed by atoms with van der Waals surface area (Å²) in [4.78, 5) is 10.7. The molecule has 2 N–H and O–H groups in total. The van der Waals surface area contributed by atoms with Gasteiger partial charge in [-0.2, -0.15) is 4.68 Å². The number of aryl methyl sites for hydroxylation is 3. The summed E-state index contributed by atoms with van der Waals surface area (Å²) in [7, 11) is -3.88. The third kappa shape index (κ3) is 4.51. The number of aromatic nitrogens is 4. The molecule has 0 aliphatic heterocycles. The highest BCUT2D eigenvalue weighted by Crippen LogP contribution is 2.25. The maximum Gasteiger partial charge on any atom is 0.341 e. The first-order valence-electron chi connectivity index (χ1n) is 8.51. The molecule has 152 valence electrons. The molecule has 1 heterocycles. The van der Waals surface area contributed by atoms with Crippen molar-refractivity contribution in [2.75, 3.05) is 11.3 Å². The van der Waals surface area contributed by atoms with Crippen LogP contribution in [0.5, 0.6) is 5.75 Å². The van der Waals surface area contributed by atoms with Crippen molar-refractivity contribution in [3.63, 3.8) is 0 Å². The summed E-state index contributed by atoms with van der Waals surface area (Å²) < 4.78 is 34.8. The SMILES string of the molecule is Cc1cc(S(=O)(=O)Nc2ccc(C)c(-n3nnnc3C)c2)ccc1OCC(=O)O. The van der Waals surface area contributed by atoms with Gasteiger partial charge < -0.3 is 9.84 Å². The van der Waals surface area contributed by atoms with E-state index >= 15 is 0 Å². The summed E-state index contributed by atoms with van der Waals surface area (Å²) >= 11 is 0. The van der Waals surface area contributed by atoms with E-state index in [9.17, 15) is 13.2 Å². The lowest BCUT2D eigenvalue weighted by molar-refractivity contribution is -0.139. The number of anilines is 1. The number of nitrogens with one attached hydrogen (secondary N) is 1.